The van der Waals surface area contributed by atoms with Crippen molar-refractivity contribution in [2.45, 2.75) is 46.5 Å². The van der Waals surface area contributed by atoms with Gasteiger partial charge in [-0.15, -0.1) is 0 Å². The zero-order valence-corrected chi connectivity index (χ0v) is 14.9. The van der Waals surface area contributed by atoms with E-state index < -0.39 is 0 Å². The number of nitrogens with one attached hydrogen (secondary N) is 3. The van der Waals surface area contributed by atoms with Crippen LogP contribution in [-0.2, 0) is 9.59 Å². The number of aryl methyl sites for hydroxylation is 1. The Bertz CT molecular complexity index is 578. The third kappa shape index (κ3) is 5.64. The van der Waals surface area contributed by atoms with Gasteiger partial charge in [0.25, 0.3) is 0 Å². The van der Waals surface area contributed by atoms with Crippen molar-refractivity contribution in [2.75, 3.05) is 23.7 Å². The third-order valence-electron chi connectivity index (χ3n) is 4.54. The van der Waals surface area contributed by atoms with E-state index in [0.29, 0.717) is 18.0 Å². The first-order chi connectivity index (χ1) is 11.5. The Hall–Kier alpha value is -1.88. The Labute approximate surface area is 144 Å². The number of amides is 2. The van der Waals surface area contributed by atoms with E-state index in [1.807, 2.05) is 39.0 Å². The summed E-state index contributed by atoms with van der Waals surface area (Å²) >= 11 is 0. The molecule has 0 aliphatic carbocycles. The molecule has 1 aromatic rings. The molecule has 0 saturated carbocycles. The van der Waals surface area contributed by atoms with Gasteiger partial charge in [0.2, 0.25) is 11.8 Å². The molecule has 24 heavy (non-hydrogen) atoms. The molecular weight excluding hydrogens is 302 g/mol. The van der Waals surface area contributed by atoms with Crippen LogP contribution in [0.25, 0.3) is 0 Å². The van der Waals surface area contributed by atoms with Gasteiger partial charge >= 0.3 is 0 Å². The molecule has 1 heterocycles. The van der Waals surface area contributed by atoms with Gasteiger partial charge in [-0.05, 0) is 62.9 Å². The van der Waals surface area contributed by atoms with E-state index in [4.69, 9.17) is 0 Å². The first-order valence-electron chi connectivity index (χ1n) is 8.88. The molecule has 0 bridgehead atoms. The molecule has 1 fully saturated rings. The summed E-state index contributed by atoms with van der Waals surface area (Å²) in [5.74, 6) is 0.593. The summed E-state index contributed by atoms with van der Waals surface area (Å²) in [5, 5.41) is 9.20. The fraction of sp³-hybridized carbons (Fsp3) is 0.579. The van der Waals surface area contributed by atoms with Gasteiger partial charge in [-0.3, -0.25) is 9.59 Å². The lowest BCUT2D eigenvalue weighted by Gasteiger charge is -2.22. The van der Waals surface area contributed by atoms with Crippen molar-refractivity contribution in [3.8, 4) is 0 Å². The van der Waals surface area contributed by atoms with Gasteiger partial charge in [0, 0.05) is 23.7 Å². The lowest BCUT2D eigenvalue weighted by Crippen LogP contribution is -2.28. The first-order valence-corrected chi connectivity index (χ1v) is 8.88. The summed E-state index contributed by atoms with van der Waals surface area (Å²) < 4.78 is 0. The molecular formula is C19H29N3O2. The molecule has 1 aliphatic heterocycles. The molecule has 5 heteroatoms. The van der Waals surface area contributed by atoms with Gasteiger partial charge < -0.3 is 16.0 Å². The molecule has 1 aromatic carbocycles. The quantitative estimate of drug-likeness (QED) is 0.749. The van der Waals surface area contributed by atoms with Crippen molar-refractivity contribution >= 4 is 23.2 Å². The minimum atomic E-state index is -0.0747. The molecule has 0 spiro atoms. The number of carbonyl (C=O) groups is 2. The molecule has 0 radical (unpaired) electrons. The van der Waals surface area contributed by atoms with Crippen LogP contribution in [0.15, 0.2) is 18.2 Å². The van der Waals surface area contributed by atoms with Crippen LogP contribution in [0, 0.1) is 18.8 Å². The van der Waals surface area contributed by atoms with Crippen LogP contribution in [0.4, 0.5) is 11.4 Å². The second-order valence-corrected chi connectivity index (χ2v) is 6.95. The fourth-order valence-corrected chi connectivity index (χ4v) is 2.84. The van der Waals surface area contributed by atoms with Gasteiger partial charge in [-0.1, -0.05) is 19.9 Å². The number of rotatable bonds is 6. The molecule has 0 atom stereocenters. The fourth-order valence-electron chi connectivity index (χ4n) is 2.84. The molecule has 132 valence electrons. The molecule has 2 amide bonds. The highest BCUT2D eigenvalue weighted by Crippen LogP contribution is 2.22. The largest absolute Gasteiger partial charge is 0.326 e. The van der Waals surface area contributed by atoms with Crippen molar-refractivity contribution in [1.82, 2.24) is 5.32 Å². The van der Waals surface area contributed by atoms with E-state index >= 15 is 0 Å². The lowest BCUT2D eigenvalue weighted by molar-refractivity contribution is -0.119. The molecule has 2 rings (SSSR count). The monoisotopic (exact) mass is 331 g/mol. The van der Waals surface area contributed by atoms with Crippen molar-refractivity contribution in [3.05, 3.63) is 23.8 Å². The number of carbonyl (C=O) groups excluding carboxylic acids is 2. The van der Waals surface area contributed by atoms with Gasteiger partial charge in [0.05, 0.1) is 0 Å². The third-order valence-corrected chi connectivity index (χ3v) is 4.54. The van der Waals surface area contributed by atoms with E-state index in [2.05, 4.69) is 16.0 Å². The smallest absolute Gasteiger partial charge is 0.226 e. The van der Waals surface area contributed by atoms with Crippen LogP contribution in [-0.4, -0.2) is 24.9 Å². The maximum atomic E-state index is 12.2. The van der Waals surface area contributed by atoms with Crippen molar-refractivity contribution < 1.29 is 9.59 Å². The summed E-state index contributed by atoms with van der Waals surface area (Å²) in [5.41, 5.74) is 2.48. The number of anilines is 2. The molecule has 5 nitrogen and oxygen atoms in total. The Morgan fingerprint density at radius 2 is 1.92 bits per heavy atom. The topological polar surface area (TPSA) is 70.2 Å². The highest BCUT2D eigenvalue weighted by Gasteiger charge is 2.15. The van der Waals surface area contributed by atoms with E-state index in [1.54, 1.807) is 0 Å². The molecule has 0 unspecified atom stereocenters. The maximum absolute atomic E-state index is 12.2. The van der Waals surface area contributed by atoms with E-state index in [0.717, 1.165) is 43.6 Å². The summed E-state index contributed by atoms with van der Waals surface area (Å²) in [6.45, 7) is 7.78. The van der Waals surface area contributed by atoms with E-state index in [1.165, 1.54) is 0 Å². The highest BCUT2D eigenvalue weighted by atomic mass is 16.2. The zero-order chi connectivity index (χ0) is 17.5. The Morgan fingerprint density at radius 1 is 1.21 bits per heavy atom. The molecule has 1 aliphatic rings. The van der Waals surface area contributed by atoms with Crippen LogP contribution in [0.5, 0.6) is 0 Å². The first kappa shape index (κ1) is 18.5. The van der Waals surface area contributed by atoms with Crippen molar-refractivity contribution in [1.29, 1.82) is 0 Å². The average molecular weight is 331 g/mol. The van der Waals surface area contributed by atoms with Crippen LogP contribution in [0.3, 0.4) is 0 Å². The summed E-state index contributed by atoms with van der Waals surface area (Å²) in [7, 11) is 0. The van der Waals surface area contributed by atoms with Crippen molar-refractivity contribution in [3.63, 3.8) is 0 Å². The van der Waals surface area contributed by atoms with Crippen LogP contribution in [0.1, 0.15) is 45.1 Å². The Morgan fingerprint density at radius 3 is 2.58 bits per heavy atom. The Balaban J connectivity index is 1.90. The lowest BCUT2D eigenvalue weighted by atomic mass is 9.93. The van der Waals surface area contributed by atoms with E-state index in [9.17, 15) is 9.59 Å². The van der Waals surface area contributed by atoms with Crippen molar-refractivity contribution in [2.24, 2.45) is 11.8 Å². The second kappa shape index (κ2) is 8.83. The standard InChI is InChI=1S/C19H29N3O2/c1-13(2)19(24)21-16-6-4-14(3)17(12-16)22-18(23)7-5-15-8-10-20-11-9-15/h4,6,12-13,15,20H,5,7-11H2,1-3H3,(H,21,24)(H,22,23). The molecule has 0 aromatic heterocycles. The van der Waals surface area contributed by atoms with Gasteiger partial charge in [0.1, 0.15) is 0 Å². The SMILES string of the molecule is Cc1ccc(NC(=O)C(C)C)cc1NC(=O)CCC1CCNCC1. The van der Waals surface area contributed by atoms with Crippen LogP contribution in [0.2, 0.25) is 0 Å². The summed E-state index contributed by atoms with van der Waals surface area (Å²) in [6, 6.07) is 5.61. The summed E-state index contributed by atoms with van der Waals surface area (Å²) in [4.78, 5) is 24.0. The minimum Gasteiger partial charge on any atom is -0.326 e. The Kier molecular flexibility index (Phi) is 6.79. The normalized spacial score (nSPS) is 15.3. The number of benzene rings is 1. The van der Waals surface area contributed by atoms with Gasteiger partial charge in [0.15, 0.2) is 0 Å². The average Bonchev–Trinajstić information content (AvgIpc) is 2.57. The number of hydrogen-bond donors (Lipinski definition) is 3. The van der Waals surface area contributed by atoms with Crippen LogP contribution >= 0.6 is 0 Å². The van der Waals surface area contributed by atoms with Gasteiger partial charge in [-0.2, -0.15) is 0 Å². The second-order valence-electron chi connectivity index (χ2n) is 6.95. The predicted molar refractivity (Wildman–Crippen MR) is 98.1 cm³/mol. The van der Waals surface area contributed by atoms with Gasteiger partial charge in [-0.25, -0.2) is 0 Å². The highest BCUT2D eigenvalue weighted by molar-refractivity contribution is 5.95. The minimum absolute atomic E-state index is 0.0259. The van der Waals surface area contributed by atoms with E-state index in [-0.39, 0.29) is 17.7 Å². The maximum Gasteiger partial charge on any atom is 0.226 e. The zero-order valence-electron chi connectivity index (χ0n) is 14.9. The predicted octanol–water partition coefficient (Wildman–Crippen LogP) is 3.31. The molecule has 3 N–H and O–H groups in total. The summed E-state index contributed by atoms with van der Waals surface area (Å²) in [6.07, 6.45) is 3.80. The number of hydrogen-bond acceptors (Lipinski definition) is 3. The molecule has 1 saturated heterocycles. The van der Waals surface area contributed by atoms with Crippen LogP contribution < -0.4 is 16.0 Å². The number of piperidine rings is 1.